The lowest BCUT2D eigenvalue weighted by Crippen LogP contribution is -2.28. The van der Waals surface area contributed by atoms with E-state index in [1.165, 1.54) is 21.6 Å². The fraction of sp³-hybridized carbons (Fsp3) is 0.400. The molecule has 0 spiro atoms. The van der Waals surface area contributed by atoms with Crippen LogP contribution in [-0.2, 0) is 6.42 Å². The maximum atomic E-state index is 6.30. The second-order valence-corrected chi connectivity index (χ2v) is 8.13. The molecule has 1 aliphatic rings. The molecule has 136 valence electrons. The first-order chi connectivity index (χ1) is 12.7. The summed E-state index contributed by atoms with van der Waals surface area (Å²) in [6.45, 7) is 8.26. The van der Waals surface area contributed by atoms with E-state index in [0.717, 1.165) is 55.1 Å². The average Bonchev–Trinajstić information content (AvgIpc) is 2.81. The van der Waals surface area contributed by atoms with Crippen LogP contribution in [0.1, 0.15) is 23.8 Å². The molecule has 0 radical (unpaired) electrons. The summed E-state index contributed by atoms with van der Waals surface area (Å²) in [6, 6.07) is 8.76. The van der Waals surface area contributed by atoms with Gasteiger partial charge in [-0.05, 0) is 43.5 Å². The van der Waals surface area contributed by atoms with Gasteiger partial charge in [-0.15, -0.1) is 11.3 Å². The fourth-order valence-electron chi connectivity index (χ4n) is 3.56. The van der Waals surface area contributed by atoms with Crippen molar-refractivity contribution in [3.8, 4) is 11.1 Å². The van der Waals surface area contributed by atoms with Gasteiger partial charge in [0.15, 0.2) is 0 Å². The van der Waals surface area contributed by atoms with Crippen molar-refractivity contribution in [2.75, 3.05) is 31.1 Å². The van der Waals surface area contributed by atoms with Crippen LogP contribution in [0.2, 0.25) is 5.28 Å². The van der Waals surface area contributed by atoms with Gasteiger partial charge in [0, 0.05) is 30.1 Å². The summed E-state index contributed by atoms with van der Waals surface area (Å²) in [6.07, 6.45) is 2.08. The summed E-state index contributed by atoms with van der Waals surface area (Å²) in [5, 5.41) is 4.95. The Labute approximate surface area is 163 Å². The van der Waals surface area contributed by atoms with Gasteiger partial charge in [0.1, 0.15) is 10.6 Å². The summed E-state index contributed by atoms with van der Waals surface area (Å²) in [7, 11) is 0. The predicted octanol–water partition coefficient (Wildman–Crippen LogP) is 4.68. The third-order valence-corrected chi connectivity index (χ3v) is 6.28. The van der Waals surface area contributed by atoms with E-state index < -0.39 is 0 Å². The normalized spacial score (nSPS) is 15.4. The molecular formula is C20H23ClN4S. The number of nitrogens with one attached hydrogen (secondary N) is 1. The van der Waals surface area contributed by atoms with Crippen LogP contribution in [0, 0.1) is 6.92 Å². The van der Waals surface area contributed by atoms with Crippen molar-refractivity contribution in [3.63, 3.8) is 0 Å². The molecule has 1 saturated heterocycles. The SMILES string of the molecule is CCc1sc2nc(Cl)nc(N3CCCNCC3)c2c1-c1ccc(C)cc1. The molecule has 0 saturated carbocycles. The number of thiophene rings is 1. The molecule has 1 fully saturated rings. The van der Waals surface area contributed by atoms with Gasteiger partial charge in [0.25, 0.3) is 0 Å². The number of benzene rings is 1. The quantitative estimate of drug-likeness (QED) is 0.663. The Morgan fingerprint density at radius 1 is 1.15 bits per heavy atom. The van der Waals surface area contributed by atoms with Gasteiger partial charge < -0.3 is 10.2 Å². The van der Waals surface area contributed by atoms with E-state index in [1.807, 2.05) is 0 Å². The molecule has 1 N–H and O–H groups in total. The molecule has 3 aromatic rings. The van der Waals surface area contributed by atoms with Crippen molar-refractivity contribution >= 4 is 39.0 Å². The lowest BCUT2D eigenvalue weighted by atomic mass is 10.0. The molecule has 4 nitrogen and oxygen atoms in total. The minimum Gasteiger partial charge on any atom is -0.355 e. The predicted molar refractivity (Wildman–Crippen MR) is 112 cm³/mol. The van der Waals surface area contributed by atoms with Crippen molar-refractivity contribution in [3.05, 3.63) is 40.0 Å². The lowest BCUT2D eigenvalue weighted by Gasteiger charge is -2.22. The van der Waals surface area contributed by atoms with E-state index in [4.69, 9.17) is 11.6 Å². The molecule has 1 aliphatic heterocycles. The highest BCUT2D eigenvalue weighted by Crippen LogP contribution is 2.43. The number of aryl methyl sites for hydroxylation is 2. The van der Waals surface area contributed by atoms with Crippen LogP contribution in [0.3, 0.4) is 0 Å². The third-order valence-electron chi connectivity index (χ3n) is 4.88. The molecule has 1 aromatic carbocycles. The highest BCUT2D eigenvalue weighted by Gasteiger charge is 2.23. The van der Waals surface area contributed by atoms with Crippen LogP contribution < -0.4 is 10.2 Å². The highest BCUT2D eigenvalue weighted by molar-refractivity contribution is 7.19. The monoisotopic (exact) mass is 386 g/mol. The number of nitrogens with zero attached hydrogens (tertiary/aromatic N) is 3. The van der Waals surface area contributed by atoms with Crippen LogP contribution in [0.15, 0.2) is 24.3 Å². The standard InChI is InChI=1S/C20H23ClN4S/c1-3-15-16(14-7-5-13(2)6-8-14)17-18(23-20(21)24-19(17)26-15)25-11-4-9-22-10-12-25/h5-8,22H,3-4,9-12H2,1-2H3. The van der Waals surface area contributed by atoms with E-state index in [1.54, 1.807) is 11.3 Å². The summed E-state index contributed by atoms with van der Waals surface area (Å²) in [4.78, 5) is 13.9. The highest BCUT2D eigenvalue weighted by atomic mass is 35.5. The molecule has 0 amide bonds. The third kappa shape index (κ3) is 3.31. The summed E-state index contributed by atoms with van der Waals surface area (Å²) in [5.74, 6) is 0.982. The van der Waals surface area contributed by atoms with Gasteiger partial charge in [-0.25, -0.2) is 4.98 Å². The zero-order chi connectivity index (χ0) is 18.1. The van der Waals surface area contributed by atoms with E-state index in [0.29, 0.717) is 5.28 Å². The van der Waals surface area contributed by atoms with Crippen molar-refractivity contribution in [2.24, 2.45) is 0 Å². The number of halogens is 1. The number of hydrogen-bond donors (Lipinski definition) is 1. The summed E-state index contributed by atoms with van der Waals surface area (Å²) >= 11 is 8.04. The van der Waals surface area contributed by atoms with E-state index >= 15 is 0 Å². The molecule has 0 bridgehead atoms. The molecule has 2 aromatic heterocycles. The fourth-order valence-corrected chi connectivity index (χ4v) is 4.91. The molecule has 3 heterocycles. The molecule has 0 aliphatic carbocycles. The van der Waals surface area contributed by atoms with Crippen LogP contribution in [-0.4, -0.2) is 36.1 Å². The number of fused-ring (bicyclic) bond motifs is 1. The molecule has 26 heavy (non-hydrogen) atoms. The first-order valence-corrected chi connectivity index (χ1v) is 10.4. The Morgan fingerprint density at radius 3 is 2.73 bits per heavy atom. The minimum atomic E-state index is 0.337. The molecule has 0 atom stereocenters. The van der Waals surface area contributed by atoms with Gasteiger partial charge in [0.2, 0.25) is 5.28 Å². The second kappa shape index (κ2) is 7.51. The lowest BCUT2D eigenvalue weighted by molar-refractivity contribution is 0.724. The summed E-state index contributed by atoms with van der Waals surface area (Å²) in [5.41, 5.74) is 3.78. The van der Waals surface area contributed by atoms with Crippen LogP contribution in [0.5, 0.6) is 0 Å². The molecule has 4 rings (SSSR count). The molecule has 6 heteroatoms. The van der Waals surface area contributed by atoms with Gasteiger partial charge in [0.05, 0.1) is 5.39 Å². The van der Waals surface area contributed by atoms with E-state index in [2.05, 4.69) is 58.3 Å². The Bertz CT molecular complexity index is 912. The molecule has 0 unspecified atom stereocenters. The first-order valence-electron chi connectivity index (χ1n) is 9.19. The van der Waals surface area contributed by atoms with Crippen LogP contribution >= 0.6 is 22.9 Å². The maximum Gasteiger partial charge on any atom is 0.225 e. The van der Waals surface area contributed by atoms with Crippen molar-refractivity contribution in [1.82, 2.24) is 15.3 Å². The van der Waals surface area contributed by atoms with Gasteiger partial charge in [-0.1, -0.05) is 36.8 Å². The first kappa shape index (κ1) is 17.7. The van der Waals surface area contributed by atoms with E-state index in [9.17, 15) is 0 Å². The van der Waals surface area contributed by atoms with Gasteiger partial charge in [-0.3, -0.25) is 0 Å². The zero-order valence-corrected chi connectivity index (χ0v) is 16.8. The Balaban J connectivity index is 1.96. The maximum absolute atomic E-state index is 6.30. The number of aromatic nitrogens is 2. The van der Waals surface area contributed by atoms with Crippen molar-refractivity contribution < 1.29 is 0 Å². The Hall–Kier alpha value is -1.69. The molecular weight excluding hydrogens is 364 g/mol. The number of hydrogen-bond acceptors (Lipinski definition) is 5. The topological polar surface area (TPSA) is 41.1 Å². The minimum absolute atomic E-state index is 0.337. The Kier molecular flexibility index (Phi) is 5.11. The van der Waals surface area contributed by atoms with Crippen molar-refractivity contribution in [1.29, 1.82) is 0 Å². The van der Waals surface area contributed by atoms with Crippen LogP contribution in [0.4, 0.5) is 5.82 Å². The van der Waals surface area contributed by atoms with Crippen molar-refractivity contribution in [2.45, 2.75) is 26.7 Å². The zero-order valence-electron chi connectivity index (χ0n) is 15.2. The van der Waals surface area contributed by atoms with E-state index in [-0.39, 0.29) is 0 Å². The number of rotatable bonds is 3. The van der Waals surface area contributed by atoms with Gasteiger partial charge >= 0.3 is 0 Å². The summed E-state index contributed by atoms with van der Waals surface area (Å²) < 4.78 is 0. The largest absolute Gasteiger partial charge is 0.355 e. The Morgan fingerprint density at radius 2 is 1.96 bits per heavy atom. The number of anilines is 1. The average molecular weight is 387 g/mol. The van der Waals surface area contributed by atoms with Gasteiger partial charge in [-0.2, -0.15) is 4.98 Å². The van der Waals surface area contributed by atoms with Crippen LogP contribution in [0.25, 0.3) is 21.3 Å². The second-order valence-electron chi connectivity index (χ2n) is 6.71. The smallest absolute Gasteiger partial charge is 0.225 e.